The third kappa shape index (κ3) is 2.33. The van der Waals surface area contributed by atoms with Gasteiger partial charge in [-0.05, 0) is 24.6 Å². The van der Waals surface area contributed by atoms with Crippen molar-refractivity contribution in [2.75, 3.05) is 12.4 Å². The summed E-state index contributed by atoms with van der Waals surface area (Å²) in [5.74, 6) is -0.434. The molecule has 0 spiro atoms. The number of amides is 1. The van der Waals surface area contributed by atoms with Crippen molar-refractivity contribution < 1.29 is 18.7 Å². The highest BCUT2D eigenvalue weighted by atomic mass is 16.5. The molecule has 2 rings (SSSR count). The Balaban J connectivity index is 2.79. The zero-order valence-corrected chi connectivity index (χ0v) is 10.4. The van der Waals surface area contributed by atoms with E-state index in [9.17, 15) is 14.4 Å². The number of fused-ring (bicyclic) bond motifs is 1. The minimum Gasteiger partial charge on any atom is -0.495 e. The zero-order valence-electron chi connectivity index (χ0n) is 10.4. The Labute approximate surface area is 108 Å². The fourth-order valence-corrected chi connectivity index (χ4v) is 1.87. The van der Waals surface area contributed by atoms with Crippen molar-refractivity contribution in [1.82, 2.24) is 0 Å². The van der Waals surface area contributed by atoms with Crippen LogP contribution in [0.5, 0.6) is 5.75 Å². The molecule has 1 heterocycles. The molecule has 2 aromatic rings. The van der Waals surface area contributed by atoms with Crippen LogP contribution in [0.15, 0.2) is 27.4 Å². The molecule has 0 aliphatic rings. The maximum Gasteiger partial charge on any atom is 0.336 e. The van der Waals surface area contributed by atoms with Gasteiger partial charge >= 0.3 is 5.63 Å². The van der Waals surface area contributed by atoms with E-state index in [-0.39, 0.29) is 6.29 Å². The summed E-state index contributed by atoms with van der Waals surface area (Å²) in [6.07, 6.45) is 0.159. The molecular formula is C13H11NO5. The molecule has 0 radical (unpaired) electrons. The first-order valence-electron chi connectivity index (χ1n) is 5.44. The molecule has 0 saturated heterocycles. The van der Waals surface area contributed by atoms with Crippen LogP contribution in [0.1, 0.15) is 5.56 Å². The van der Waals surface area contributed by atoms with Gasteiger partial charge in [0.05, 0.1) is 12.8 Å². The molecule has 6 heteroatoms. The molecule has 1 aromatic carbocycles. The molecule has 0 unspecified atom stereocenters. The Morgan fingerprint density at radius 3 is 2.79 bits per heavy atom. The van der Waals surface area contributed by atoms with E-state index in [0.717, 1.165) is 0 Å². The third-order valence-corrected chi connectivity index (χ3v) is 2.64. The Kier molecular flexibility index (Phi) is 3.33. The average molecular weight is 261 g/mol. The molecule has 0 aliphatic heterocycles. The number of methoxy groups -OCH3 is 1. The number of nitrogens with one attached hydrogen (secondary N) is 1. The first kappa shape index (κ1) is 12.8. The van der Waals surface area contributed by atoms with E-state index in [2.05, 4.69) is 5.32 Å². The molecule has 98 valence electrons. The zero-order chi connectivity index (χ0) is 14.0. The molecule has 0 aliphatic carbocycles. The second-order valence-corrected chi connectivity index (χ2v) is 3.87. The van der Waals surface area contributed by atoms with Gasteiger partial charge in [-0.3, -0.25) is 9.59 Å². The van der Waals surface area contributed by atoms with Crippen LogP contribution in [0, 0.1) is 6.92 Å². The number of rotatable bonds is 3. The lowest BCUT2D eigenvalue weighted by molar-refractivity contribution is -0.127. The number of aldehydes is 1. The molecule has 6 nitrogen and oxygen atoms in total. The van der Waals surface area contributed by atoms with Gasteiger partial charge in [0.15, 0.2) is 0 Å². The standard InChI is InChI=1S/C13H11NO5/c1-7-5-11(17)19-8-3-4-9(18-2)13(12(7)8)14-10(16)6-15/h3-6H,1-2H3,(H,14,16). The Hall–Kier alpha value is -2.63. The van der Waals surface area contributed by atoms with Gasteiger partial charge in [0.2, 0.25) is 6.29 Å². The molecule has 0 fully saturated rings. The van der Waals surface area contributed by atoms with E-state index in [1.165, 1.54) is 13.2 Å². The number of benzene rings is 1. The lowest BCUT2D eigenvalue weighted by Gasteiger charge is -2.12. The fourth-order valence-electron chi connectivity index (χ4n) is 1.87. The lowest BCUT2D eigenvalue weighted by atomic mass is 10.1. The normalized spacial score (nSPS) is 10.2. The Morgan fingerprint density at radius 1 is 1.42 bits per heavy atom. The van der Waals surface area contributed by atoms with E-state index < -0.39 is 11.5 Å². The highest BCUT2D eigenvalue weighted by Gasteiger charge is 2.15. The Morgan fingerprint density at radius 2 is 2.16 bits per heavy atom. The van der Waals surface area contributed by atoms with Crippen LogP contribution in [0.2, 0.25) is 0 Å². The van der Waals surface area contributed by atoms with E-state index >= 15 is 0 Å². The van der Waals surface area contributed by atoms with E-state index in [1.807, 2.05) is 0 Å². The average Bonchev–Trinajstić information content (AvgIpc) is 2.38. The highest BCUT2D eigenvalue weighted by Crippen LogP contribution is 2.34. The second kappa shape index (κ2) is 4.93. The van der Waals surface area contributed by atoms with E-state index in [4.69, 9.17) is 9.15 Å². The second-order valence-electron chi connectivity index (χ2n) is 3.87. The fraction of sp³-hybridized carbons (Fsp3) is 0.154. The number of carbonyl (C=O) groups is 2. The van der Waals surface area contributed by atoms with Crippen LogP contribution in [0.3, 0.4) is 0 Å². The van der Waals surface area contributed by atoms with Gasteiger partial charge in [0.1, 0.15) is 11.3 Å². The van der Waals surface area contributed by atoms with Crippen LogP contribution < -0.4 is 15.7 Å². The summed E-state index contributed by atoms with van der Waals surface area (Å²) < 4.78 is 10.2. The molecule has 1 aromatic heterocycles. The number of hydrogen-bond acceptors (Lipinski definition) is 5. The summed E-state index contributed by atoms with van der Waals surface area (Å²) in [5.41, 5.74) is 0.750. The first-order valence-corrected chi connectivity index (χ1v) is 5.44. The quantitative estimate of drug-likeness (QED) is 0.510. The minimum atomic E-state index is -0.809. The highest BCUT2D eigenvalue weighted by molar-refractivity contribution is 6.30. The molecule has 0 atom stereocenters. The SMILES string of the molecule is COc1ccc2oc(=O)cc(C)c2c1NC(=O)C=O. The maximum absolute atomic E-state index is 11.3. The third-order valence-electron chi connectivity index (χ3n) is 2.64. The van der Waals surface area contributed by atoms with Crippen molar-refractivity contribution in [3.8, 4) is 5.75 Å². The van der Waals surface area contributed by atoms with Crippen LogP contribution in [0.4, 0.5) is 5.69 Å². The van der Waals surface area contributed by atoms with Crippen LogP contribution in [-0.4, -0.2) is 19.3 Å². The predicted molar refractivity (Wildman–Crippen MR) is 68.5 cm³/mol. The number of carbonyl (C=O) groups excluding carboxylic acids is 2. The smallest absolute Gasteiger partial charge is 0.336 e. The van der Waals surface area contributed by atoms with Gasteiger partial charge in [-0.2, -0.15) is 0 Å². The van der Waals surface area contributed by atoms with Crippen LogP contribution >= 0.6 is 0 Å². The molecular weight excluding hydrogens is 250 g/mol. The summed E-state index contributed by atoms with van der Waals surface area (Å²) in [6, 6.07) is 4.42. The summed E-state index contributed by atoms with van der Waals surface area (Å²) in [7, 11) is 1.44. The number of ether oxygens (including phenoxy) is 1. The van der Waals surface area contributed by atoms with Gasteiger partial charge in [-0.15, -0.1) is 0 Å². The molecule has 19 heavy (non-hydrogen) atoms. The predicted octanol–water partition coefficient (Wildman–Crippen LogP) is 1.25. The van der Waals surface area contributed by atoms with Gasteiger partial charge in [-0.1, -0.05) is 0 Å². The van der Waals surface area contributed by atoms with Crippen molar-refractivity contribution in [1.29, 1.82) is 0 Å². The topological polar surface area (TPSA) is 85.6 Å². The molecule has 1 N–H and O–H groups in total. The molecule has 1 amide bonds. The summed E-state index contributed by atoms with van der Waals surface area (Å²) in [5, 5.41) is 2.94. The van der Waals surface area contributed by atoms with Crippen molar-refractivity contribution in [2.24, 2.45) is 0 Å². The van der Waals surface area contributed by atoms with E-state index in [1.54, 1.807) is 19.1 Å². The van der Waals surface area contributed by atoms with Gasteiger partial charge in [0.25, 0.3) is 5.91 Å². The largest absolute Gasteiger partial charge is 0.495 e. The number of hydrogen-bond donors (Lipinski definition) is 1. The monoisotopic (exact) mass is 261 g/mol. The Bertz CT molecular complexity index is 717. The van der Waals surface area contributed by atoms with Crippen molar-refractivity contribution in [3.05, 3.63) is 34.2 Å². The summed E-state index contributed by atoms with van der Waals surface area (Å²) in [6.45, 7) is 1.70. The molecule has 0 bridgehead atoms. The first-order chi connectivity index (χ1) is 9.06. The van der Waals surface area contributed by atoms with Crippen LogP contribution in [0.25, 0.3) is 11.0 Å². The minimum absolute atomic E-state index is 0.159. The lowest BCUT2D eigenvalue weighted by Crippen LogP contribution is -2.14. The number of anilines is 1. The summed E-state index contributed by atoms with van der Waals surface area (Å²) in [4.78, 5) is 33.0. The van der Waals surface area contributed by atoms with Gasteiger partial charge < -0.3 is 14.5 Å². The van der Waals surface area contributed by atoms with Gasteiger partial charge in [-0.25, -0.2) is 4.79 Å². The summed E-state index contributed by atoms with van der Waals surface area (Å²) >= 11 is 0. The van der Waals surface area contributed by atoms with Crippen molar-refractivity contribution in [3.63, 3.8) is 0 Å². The van der Waals surface area contributed by atoms with E-state index in [0.29, 0.717) is 28.0 Å². The maximum atomic E-state index is 11.3. The van der Waals surface area contributed by atoms with Crippen molar-refractivity contribution in [2.45, 2.75) is 6.92 Å². The van der Waals surface area contributed by atoms with Crippen LogP contribution in [-0.2, 0) is 9.59 Å². The molecule has 0 saturated carbocycles. The van der Waals surface area contributed by atoms with Gasteiger partial charge in [0, 0.05) is 11.5 Å². The number of aryl methyl sites for hydroxylation is 1. The van der Waals surface area contributed by atoms with Crippen molar-refractivity contribution >= 4 is 28.8 Å².